The van der Waals surface area contributed by atoms with E-state index in [9.17, 15) is 4.79 Å². The fraction of sp³-hybridized carbons (Fsp3) is 0.207. The lowest BCUT2D eigenvalue weighted by atomic mass is 9.94. The number of para-hydroxylation sites is 3. The second-order valence-electron chi connectivity index (χ2n) is 8.85. The first kappa shape index (κ1) is 27.4. The van der Waals surface area contributed by atoms with Crippen LogP contribution in [0.4, 0.5) is 11.6 Å². The lowest BCUT2D eigenvalue weighted by Gasteiger charge is -2.30. The van der Waals surface area contributed by atoms with E-state index in [1.807, 2.05) is 61.5 Å². The highest BCUT2D eigenvalue weighted by Gasteiger charge is 2.37. The van der Waals surface area contributed by atoms with E-state index in [2.05, 4.69) is 10.6 Å². The Morgan fingerprint density at radius 3 is 2.48 bits per heavy atom. The molecule has 2 N–H and O–H groups in total. The number of hydrogen-bond donors (Lipinski definition) is 2. The Bertz CT molecular complexity index is 1590. The predicted molar refractivity (Wildman–Crippen MR) is 157 cm³/mol. The number of nitrogens with one attached hydrogen (secondary N) is 2. The molecule has 40 heavy (non-hydrogen) atoms. The molecular weight excluding hydrogens is 550 g/mol. The molecule has 1 atom stereocenters. The van der Waals surface area contributed by atoms with Gasteiger partial charge >= 0.3 is 0 Å². The number of methoxy groups -OCH3 is 3. The number of aromatic nitrogens is 3. The van der Waals surface area contributed by atoms with Crippen LogP contribution in [0.2, 0.25) is 5.02 Å². The molecule has 1 aliphatic rings. The Morgan fingerprint density at radius 2 is 1.73 bits per heavy atom. The largest absolute Gasteiger partial charge is 0.495 e. The van der Waals surface area contributed by atoms with Crippen LogP contribution in [-0.4, -0.2) is 42.0 Å². The summed E-state index contributed by atoms with van der Waals surface area (Å²) in [5, 5.41) is 12.3. The molecule has 5 rings (SSSR count). The number of halogens is 1. The van der Waals surface area contributed by atoms with E-state index in [1.165, 1.54) is 11.8 Å². The third kappa shape index (κ3) is 5.32. The molecule has 9 nitrogen and oxygen atoms in total. The van der Waals surface area contributed by atoms with Gasteiger partial charge in [-0.3, -0.25) is 4.79 Å². The minimum atomic E-state index is -0.668. The molecule has 1 amide bonds. The maximum Gasteiger partial charge on any atom is 0.255 e. The molecular formula is C29H28ClN5O4S. The third-order valence-electron chi connectivity index (χ3n) is 6.48. The Kier molecular flexibility index (Phi) is 8.18. The summed E-state index contributed by atoms with van der Waals surface area (Å²) in [5.41, 5.74) is 3.29. The number of amides is 1. The van der Waals surface area contributed by atoms with Crippen molar-refractivity contribution in [2.75, 3.05) is 32.0 Å². The number of allylic oxidation sites excluding steroid dienone is 1. The number of thioether (sulfide) groups is 1. The summed E-state index contributed by atoms with van der Waals surface area (Å²) >= 11 is 7.82. The molecule has 1 aromatic heterocycles. The van der Waals surface area contributed by atoms with Gasteiger partial charge in [0.25, 0.3) is 5.91 Å². The van der Waals surface area contributed by atoms with Gasteiger partial charge in [0.15, 0.2) is 11.5 Å². The van der Waals surface area contributed by atoms with Gasteiger partial charge in [0, 0.05) is 22.0 Å². The first-order valence-electron chi connectivity index (χ1n) is 12.4. The van der Waals surface area contributed by atoms with Gasteiger partial charge in [0.05, 0.1) is 32.6 Å². The molecule has 3 aromatic carbocycles. The fourth-order valence-electron chi connectivity index (χ4n) is 4.60. The monoisotopic (exact) mass is 577 g/mol. The average Bonchev–Trinajstić information content (AvgIpc) is 3.38. The summed E-state index contributed by atoms with van der Waals surface area (Å²) in [6.07, 6.45) is 0. The van der Waals surface area contributed by atoms with E-state index >= 15 is 0 Å². The lowest BCUT2D eigenvalue weighted by Crippen LogP contribution is -2.32. The van der Waals surface area contributed by atoms with Crippen LogP contribution in [0.1, 0.15) is 24.1 Å². The van der Waals surface area contributed by atoms with Crippen molar-refractivity contribution in [2.24, 2.45) is 0 Å². The topological polar surface area (TPSA) is 99.5 Å². The minimum Gasteiger partial charge on any atom is -0.495 e. The average molecular weight is 578 g/mol. The van der Waals surface area contributed by atoms with Gasteiger partial charge in [-0.25, -0.2) is 4.68 Å². The molecule has 2 heterocycles. The van der Waals surface area contributed by atoms with Crippen molar-refractivity contribution in [3.63, 3.8) is 0 Å². The number of carbonyl (C=O) groups is 1. The van der Waals surface area contributed by atoms with Crippen LogP contribution < -0.4 is 24.8 Å². The molecule has 0 saturated heterocycles. The normalized spacial score (nSPS) is 14.3. The molecule has 0 saturated carbocycles. The van der Waals surface area contributed by atoms with Crippen molar-refractivity contribution in [3.05, 3.63) is 94.1 Å². The molecule has 1 unspecified atom stereocenters. The highest BCUT2D eigenvalue weighted by molar-refractivity contribution is 7.98. The molecule has 1 aliphatic heterocycles. The number of hydrogen-bond acceptors (Lipinski definition) is 8. The molecule has 0 aliphatic carbocycles. The number of nitrogens with zero attached hydrogens (tertiary/aromatic N) is 3. The molecule has 0 spiro atoms. The van der Waals surface area contributed by atoms with E-state index in [-0.39, 0.29) is 5.91 Å². The summed E-state index contributed by atoms with van der Waals surface area (Å²) in [4.78, 5) is 18.7. The number of carbonyl (C=O) groups excluding carboxylic acids is 1. The van der Waals surface area contributed by atoms with Crippen molar-refractivity contribution in [1.29, 1.82) is 0 Å². The summed E-state index contributed by atoms with van der Waals surface area (Å²) in [6, 6.07) is 19.8. The quantitative estimate of drug-likeness (QED) is 0.228. The van der Waals surface area contributed by atoms with Gasteiger partial charge in [0.2, 0.25) is 11.1 Å². The first-order valence-corrected chi connectivity index (χ1v) is 13.8. The van der Waals surface area contributed by atoms with E-state index in [4.69, 9.17) is 35.9 Å². The molecule has 0 radical (unpaired) electrons. The van der Waals surface area contributed by atoms with E-state index in [1.54, 1.807) is 38.1 Å². The Hall–Kier alpha value is -4.15. The zero-order chi connectivity index (χ0) is 28.2. The second-order valence-corrected chi connectivity index (χ2v) is 10.2. The van der Waals surface area contributed by atoms with E-state index in [0.29, 0.717) is 61.6 Å². The van der Waals surface area contributed by atoms with Crippen LogP contribution >= 0.6 is 23.4 Å². The van der Waals surface area contributed by atoms with Crippen LogP contribution in [0.3, 0.4) is 0 Å². The SMILES string of the molecule is COc1ccccc1NC(=O)C1=C(C)Nc2nc(SCc3ccccc3Cl)nn2C1c1cccc(OC)c1OC. The van der Waals surface area contributed by atoms with Crippen molar-refractivity contribution >= 4 is 40.9 Å². The zero-order valence-electron chi connectivity index (χ0n) is 22.4. The number of fused-ring (bicyclic) bond motifs is 1. The van der Waals surface area contributed by atoms with E-state index < -0.39 is 6.04 Å². The minimum absolute atomic E-state index is 0.323. The van der Waals surface area contributed by atoms with Gasteiger partial charge in [-0.1, -0.05) is 65.8 Å². The van der Waals surface area contributed by atoms with Gasteiger partial charge < -0.3 is 24.8 Å². The highest BCUT2D eigenvalue weighted by atomic mass is 35.5. The summed E-state index contributed by atoms with van der Waals surface area (Å²) in [5.74, 6) is 2.35. The van der Waals surface area contributed by atoms with Gasteiger partial charge in [0.1, 0.15) is 11.8 Å². The number of ether oxygens (including phenoxy) is 3. The molecule has 4 aromatic rings. The maximum absolute atomic E-state index is 13.9. The number of benzene rings is 3. The standard InChI is InChI=1S/C29H28ClN5O4S/c1-17-24(27(36)32-21-13-7-8-14-22(21)37-2)25(19-11-9-15-23(38-3)26(19)39-4)35-28(31-17)33-29(34-35)40-16-18-10-5-6-12-20(18)30/h5-15,25H,16H2,1-4H3,(H,32,36)(H,31,33,34). The first-order chi connectivity index (χ1) is 19.4. The maximum atomic E-state index is 13.9. The summed E-state index contributed by atoms with van der Waals surface area (Å²) in [6.45, 7) is 1.84. The van der Waals surface area contributed by atoms with Crippen LogP contribution in [0, 0.1) is 0 Å². The predicted octanol–water partition coefficient (Wildman–Crippen LogP) is 6.18. The smallest absolute Gasteiger partial charge is 0.255 e. The number of anilines is 2. The van der Waals surface area contributed by atoms with Crippen molar-refractivity contribution in [3.8, 4) is 17.2 Å². The molecule has 0 fully saturated rings. The van der Waals surface area contributed by atoms with Crippen molar-refractivity contribution < 1.29 is 19.0 Å². The fourth-order valence-corrected chi connectivity index (χ4v) is 5.71. The van der Waals surface area contributed by atoms with E-state index in [0.717, 1.165) is 5.56 Å². The van der Waals surface area contributed by atoms with Crippen LogP contribution in [-0.2, 0) is 10.5 Å². The Morgan fingerprint density at radius 1 is 1.00 bits per heavy atom. The van der Waals surface area contributed by atoms with Gasteiger partial charge in [-0.15, -0.1) is 5.10 Å². The highest BCUT2D eigenvalue weighted by Crippen LogP contribution is 2.43. The van der Waals surface area contributed by atoms with Crippen molar-refractivity contribution in [2.45, 2.75) is 23.9 Å². The third-order valence-corrected chi connectivity index (χ3v) is 7.73. The summed E-state index contributed by atoms with van der Waals surface area (Å²) < 4.78 is 18.5. The lowest BCUT2D eigenvalue weighted by molar-refractivity contribution is -0.113. The van der Waals surface area contributed by atoms with Crippen molar-refractivity contribution in [1.82, 2.24) is 14.8 Å². The molecule has 206 valence electrons. The van der Waals surface area contributed by atoms with Crippen LogP contribution in [0.5, 0.6) is 17.2 Å². The van der Waals surface area contributed by atoms with Crippen LogP contribution in [0.25, 0.3) is 0 Å². The van der Waals surface area contributed by atoms with Gasteiger partial charge in [-0.05, 0) is 36.8 Å². The Balaban J connectivity index is 1.57. The molecule has 11 heteroatoms. The zero-order valence-corrected chi connectivity index (χ0v) is 24.0. The second kappa shape index (κ2) is 11.9. The molecule has 0 bridgehead atoms. The Labute approximate surface area is 241 Å². The number of rotatable bonds is 9. The van der Waals surface area contributed by atoms with Crippen LogP contribution in [0.15, 0.2) is 83.2 Å². The van der Waals surface area contributed by atoms with Gasteiger partial charge in [-0.2, -0.15) is 4.98 Å². The summed E-state index contributed by atoms with van der Waals surface area (Å²) in [7, 11) is 4.70.